The molecule has 0 aromatic rings. The van der Waals surface area contributed by atoms with Crippen LogP contribution in [-0.4, -0.2) is 202 Å². The molecule has 5 saturated carbocycles. The Morgan fingerprint density at radius 3 is 1.91 bits per heavy atom. The first-order valence-electron chi connectivity index (χ1n) is 24.4. The van der Waals surface area contributed by atoms with Crippen molar-refractivity contribution < 1.29 is 94.8 Å². The molecule has 0 unspecified atom stereocenters. The minimum atomic E-state index is -1.69. The molecular formula is C47H80O19. The Hall–Kier alpha value is -0.760. The maximum Gasteiger partial charge on any atom is 0.187 e. The fourth-order valence-corrected chi connectivity index (χ4v) is 15.8. The maximum absolute atomic E-state index is 12.5. The van der Waals surface area contributed by atoms with Crippen LogP contribution in [0.1, 0.15) is 106 Å². The fourth-order valence-electron chi connectivity index (χ4n) is 15.8. The first-order valence-corrected chi connectivity index (χ1v) is 24.4. The molecule has 26 atom stereocenters. The molecule has 2 spiro atoms. The molecule has 0 radical (unpaired) electrons. The molecule has 382 valence electrons. The van der Waals surface area contributed by atoms with Crippen molar-refractivity contribution in [2.24, 2.45) is 50.7 Å². The van der Waals surface area contributed by atoms with Crippen LogP contribution in [0, 0.1) is 50.7 Å². The highest BCUT2D eigenvalue weighted by Gasteiger charge is 2.84. The molecular weight excluding hydrogens is 868 g/mol. The molecule has 19 heteroatoms. The second kappa shape index (κ2) is 18.1. The Bertz CT molecular complexity index is 1700. The number of hydrogen-bond acceptors (Lipinski definition) is 19. The average molecular weight is 949 g/mol. The van der Waals surface area contributed by atoms with Gasteiger partial charge in [-0.3, -0.25) is 0 Å². The molecule has 8 rings (SSSR count). The van der Waals surface area contributed by atoms with Crippen LogP contribution in [0.15, 0.2) is 0 Å². The molecule has 66 heavy (non-hydrogen) atoms. The lowest BCUT2D eigenvalue weighted by Crippen LogP contribution is -2.65. The SMILES string of the molecule is C[C@H](CC[C@@H](O[C@H]1O[C@@H](CO)[C@H](O)[C@@H](O)[C@@H]1O)C(C)(C)O)[C@H]1[C@@H](O)C[C@@]2(C)[C@@H]3C[C@H](O)[C@@H]4C(C)(C)[C@@H](O[C@@H]5O[C@H](CO)[C@@H](O)[C@H](O)[C@H]5O[C@@H]5OC[C@H](O)[C@H](O)[C@H]5O)CC[C@@]45C[C@@]35CC[C@]12C. The van der Waals surface area contributed by atoms with E-state index < -0.39 is 135 Å². The number of ether oxygens (including phenoxy) is 6. The quantitative estimate of drug-likeness (QED) is 0.0924. The van der Waals surface area contributed by atoms with Crippen LogP contribution >= 0.6 is 0 Å². The Labute approximate surface area is 386 Å². The summed E-state index contributed by atoms with van der Waals surface area (Å²) < 4.78 is 35.9. The van der Waals surface area contributed by atoms with Crippen LogP contribution in [0.25, 0.3) is 0 Å². The number of rotatable bonds is 13. The molecule has 19 nitrogen and oxygen atoms in total. The van der Waals surface area contributed by atoms with Crippen molar-refractivity contribution >= 4 is 0 Å². The van der Waals surface area contributed by atoms with E-state index in [1.165, 1.54) is 0 Å². The van der Waals surface area contributed by atoms with E-state index in [1.54, 1.807) is 13.8 Å². The summed E-state index contributed by atoms with van der Waals surface area (Å²) in [6.07, 6.45) is -17.5. The zero-order valence-electron chi connectivity index (χ0n) is 39.5. The summed E-state index contributed by atoms with van der Waals surface area (Å²) in [5.74, 6) is -0.223. The number of aliphatic hydroxyl groups excluding tert-OH is 12. The van der Waals surface area contributed by atoms with Gasteiger partial charge in [-0.2, -0.15) is 0 Å². The highest BCUT2D eigenvalue weighted by molar-refractivity contribution is 5.32. The van der Waals surface area contributed by atoms with Crippen molar-refractivity contribution in [3.05, 3.63) is 0 Å². The van der Waals surface area contributed by atoms with Crippen molar-refractivity contribution in [3.63, 3.8) is 0 Å². The van der Waals surface area contributed by atoms with Crippen LogP contribution < -0.4 is 0 Å². The van der Waals surface area contributed by atoms with Crippen LogP contribution in [0.5, 0.6) is 0 Å². The molecule has 3 aliphatic heterocycles. The summed E-state index contributed by atoms with van der Waals surface area (Å²) >= 11 is 0. The topological polar surface area (TPSA) is 318 Å². The fraction of sp³-hybridized carbons (Fsp3) is 1.00. The van der Waals surface area contributed by atoms with Gasteiger partial charge >= 0.3 is 0 Å². The second-order valence-corrected chi connectivity index (χ2v) is 23.5. The van der Waals surface area contributed by atoms with Gasteiger partial charge in [0.25, 0.3) is 0 Å². The molecule has 5 aliphatic carbocycles. The molecule has 0 aromatic heterocycles. The van der Waals surface area contributed by atoms with Crippen molar-refractivity contribution in [1.82, 2.24) is 0 Å². The lowest BCUT2D eigenvalue weighted by atomic mass is 9.41. The van der Waals surface area contributed by atoms with E-state index in [-0.39, 0.29) is 51.9 Å². The standard InChI is InChI=1S/C47H80O19/c1-20(8-9-28(43(4,5)60)65-40-36(59)33(56)31(54)24(16-48)62-40)29-22(51)15-45(7)26-14-21(50)38-42(2,3)27(10-11-47(38)19-46(26,47)13-12-44(29,45)6)64-41-37(34(57)32(55)25(17-49)63-41)66-39-35(58)30(53)23(52)18-61-39/h20-41,48-60H,8-19H2,1-7H3/t20-,21+,22+,23+,24+,25-,26+,27+,28-,29+,30+,31+,32-,33-,34+,35-,36+,37-,38-,39+,40-,41+,44-,45+,46+,47-/m1/s1. The van der Waals surface area contributed by atoms with Gasteiger partial charge in [-0.1, -0.05) is 34.6 Å². The van der Waals surface area contributed by atoms with E-state index in [9.17, 15) is 66.4 Å². The Balaban J connectivity index is 0.974. The monoisotopic (exact) mass is 949 g/mol. The van der Waals surface area contributed by atoms with E-state index in [0.717, 1.165) is 25.7 Å². The van der Waals surface area contributed by atoms with E-state index in [4.69, 9.17) is 28.4 Å². The van der Waals surface area contributed by atoms with E-state index in [0.29, 0.717) is 32.1 Å². The van der Waals surface area contributed by atoms with Crippen LogP contribution in [0.4, 0.5) is 0 Å². The van der Waals surface area contributed by atoms with Crippen LogP contribution in [0.2, 0.25) is 0 Å². The van der Waals surface area contributed by atoms with Gasteiger partial charge in [0.15, 0.2) is 18.9 Å². The molecule has 3 heterocycles. The molecule has 0 aromatic carbocycles. The summed E-state index contributed by atoms with van der Waals surface area (Å²) in [5, 5.41) is 140. The Morgan fingerprint density at radius 2 is 1.27 bits per heavy atom. The van der Waals surface area contributed by atoms with Gasteiger partial charge in [-0.25, -0.2) is 0 Å². The smallest absolute Gasteiger partial charge is 0.187 e. The predicted octanol–water partition coefficient (Wildman–Crippen LogP) is -1.61. The zero-order valence-corrected chi connectivity index (χ0v) is 39.5. The molecule has 8 aliphatic rings. The summed E-state index contributed by atoms with van der Waals surface area (Å²) in [6, 6.07) is 0. The minimum absolute atomic E-state index is 0.0328. The first-order chi connectivity index (χ1) is 30.7. The second-order valence-electron chi connectivity index (χ2n) is 23.5. The minimum Gasteiger partial charge on any atom is -0.394 e. The van der Waals surface area contributed by atoms with Crippen LogP contribution in [-0.2, 0) is 28.4 Å². The summed E-state index contributed by atoms with van der Waals surface area (Å²) in [6.45, 7) is 12.4. The molecule has 8 fully saturated rings. The lowest BCUT2D eigenvalue weighted by molar-refractivity contribution is -0.370. The average Bonchev–Trinajstić information content (AvgIpc) is 3.84. The normalized spacial score (nSPS) is 54.4. The Kier molecular flexibility index (Phi) is 14.1. The third-order valence-corrected chi connectivity index (χ3v) is 19.4. The van der Waals surface area contributed by atoms with Gasteiger partial charge in [-0.15, -0.1) is 0 Å². The van der Waals surface area contributed by atoms with Crippen molar-refractivity contribution in [2.75, 3.05) is 19.8 Å². The highest BCUT2D eigenvalue weighted by atomic mass is 16.8. The summed E-state index contributed by atoms with van der Waals surface area (Å²) in [7, 11) is 0. The van der Waals surface area contributed by atoms with Crippen molar-refractivity contribution in [2.45, 2.75) is 222 Å². The number of hydrogen-bond donors (Lipinski definition) is 13. The van der Waals surface area contributed by atoms with E-state index in [1.807, 2.05) is 0 Å². The van der Waals surface area contributed by atoms with Crippen molar-refractivity contribution in [3.8, 4) is 0 Å². The van der Waals surface area contributed by atoms with E-state index >= 15 is 0 Å². The molecule has 13 N–H and O–H groups in total. The summed E-state index contributed by atoms with van der Waals surface area (Å²) in [5.41, 5.74) is -2.97. The van der Waals surface area contributed by atoms with Gasteiger partial charge in [0.2, 0.25) is 0 Å². The number of aliphatic hydroxyl groups is 13. The lowest BCUT2D eigenvalue weighted by Gasteiger charge is -2.64. The molecule has 0 amide bonds. The first kappa shape index (κ1) is 51.6. The summed E-state index contributed by atoms with van der Waals surface area (Å²) in [4.78, 5) is 0. The van der Waals surface area contributed by atoms with Gasteiger partial charge < -0.3 is 94.8 Å². The highest BCUT2D eigenvalue weighted by Crippen LogP contribution is 2.89. The third-order valence-electron chi connectivity index (χ3n) is 19.4. The van der Waals surface area contributed by atoms with Crippen molar-refractivity contribution in [1.29, 1.82) is 0 Å². The molecule has 3 saturated heterocycles. The van der Waals surface area contributed by atoms with Gasteiger partial charge in [-0.05, 0) is 122 Å². The van der Waals surface area contributed by atoms with Crippen LogP contribution in [0.3, 0.4) is 0 Å². The largest absolute Gasteiger partial charge is 0.394 e. The van der Waals surface area contributed by atoms with Gasteiger partial charge in [0.1, 0.15) is 67.1 Å². The maximum atomic E-state index is 12.5. The van der Waals surface area contributed by atoms with Gasteiger partial charge in [0.05, 0.1) is 49.8 Å². The van der Waals surface area contributed by atoms with E-state index in [2.05, 4.69) is 34.6 Å². The third kappa shape index (κ3) is 7.98. The molecule has 0 bridgehead atoms. The predicted molar refractivity (Wildman–Crippen MR) is 228 cm³/mol. The van der Waals surface area contributed by atoms with Gasteiger partial charge in [0, 0.05) is 0 Å². The zero-order chi connectivity index (χ0) is 48.4. The number of fused-ring (bicyclic) bond motifs is 2. The Morgan fingerprint density at radius 1 is 0.652 bits per heavy atom.